The van der Waals surface area contributed by atoms with E-state index in [2.05, 4.69) is 0 Å². The van der Waals surface area contributed by atoms with E-state index in [9.17, 15) is 14.0 Å². The fourth-order valence-corrected chi connectivity index (χ4v) is 2.15. The Morgan fingerprint density at radius 2 is 2.00 bits per heavy atom. The summed E-state index contributed by atoms with van der Waals surface area (Å²) in [6.07, 6.45) is 3.61. The number of ketones is 1. The maximum absolute atomic E-state index is 13.3. The van der Waals surface area contributed by atoms with Crippen LogP contribution in [-0.2, 0) is 4.79 Å². The lowest BCUT2D eigenvalue weighted by Gasteiger charge is -2.23. The molecule has 0 bridgehead atoms. The molecule has 0 aromatic carbocycles. The normalized spacial score (nSPS) is 12.4. The Bertz CT molecular complexity index is 663. The zero-order valence-corrected chi connectivity index (χ0v) is 11.8. The molecule has 106 valence electrons. The number of carbonyl (C=O) groups is 2. The zero-order chi connectivity index (χ0) is 14.9. The quantitative estimate of drug-likeness (QED) is 0.805. The van der Waals surface area contributed by atoms with Crippen LogP contribution < -0.4 is 0 Å². The van der Waals surface area contributed by atoms with Crippen LogP contribution in [0.2, 0.25) is 0 Å². The fourth-order valence-electron chi connectivity index (χ4n) is 2.15. The Labute approximate surface area is 116 Å². The topological polar surface area (TPSA) is 41.8 Å². The lowest BCUT2D eigenvalue weighted by Crippen LogP contribution is -2.40. The minimum absolute atomic E-state index is 0.0967. The maximum atomic E-state index is 13.3. The van der Waals surface area contributed by atoms with Gasteiger partial charge in [-0.25, -0.2) is 4.39 Å². The summed E-state index contributed by atoms with van der Waals surface area (Å²) in [6, 6.07) is 3.73. The summed E-state index contributed by atoms with van der Waals surface area (Å²) in [6.45, 7) is 3.43. The SMILES string of the molecule is CCC(=O)N(C)C(C)C(=O)c1ccn2ccc(F)cc12. The number of amides is 1. The molecule has 0 aliphatic heterocycles. The molecule has 1 unspecified atom stereocenters. The van der Waals surface area contributed by atoms with Crippen LogP contribution in [0.1, 0.15) is 30.6 Å². The van der Waals surface area contributed by atoms with Crippen LogP contribution in [0.4, 0.5) is 4.39 Å². The van der Waals surface area contributed by atoms with Gasteiger partial charge in [0, 0.05) is 31.4 Å². The van der Waals surface area contributed by atoms with E-state index in [1.165, 1.54) is 17.0 Å². The predicted octanol–water partition coefficient (Wildman–Crippen LogP) is 2.52. The van der Waals surface area contributed by atoms with Crippen molar-refractivity contribution in [2.24, 2.45) is 0 Å². The number of Topliss-reactive ketones (excluding diaryl/α,β-unsaturated/α-hetero) is 1. The predicted molar refractivity (Wildman–Crippen MR) is 74.2 cm³/mol. The standard InChI is InChI=1S/C15H17FN2O2/c1-4-14(19)17(3)10(2)15(20)12-6-8-18-7-5-11(16)9-13(12)18/h5-10H,4H2,1-3H3. The number of carbonyl (C=O) groups excluding carboxylic acids is 2. The first kappa shape index (κ1) is 14.2. The second-order valence-electron chi connectivity index (χ2n) is 4.77. The van der Waals surface area contributed by atoms with Gasteiger partial charge in [-0.2, -0.15) is 0 Å². The molecule has 0 N–H and O–H groups in total. The monoisotopic (exact) mass is 276 g/mol. The van der Waals surface area contributed by atoms with Crippen molar-refractivity contribution in [3.8, 4) is 0 Å². The third kappa shape index (κ3) is 2.43. The van der Waals surface area contributed by atoms with E-state index in [4.69, 9.17) is 0 Å². The van der Waals surface area contributed by atoms with E-state index in [1.54, 1.807) is 43.8 Å². The first-order chi connectivity index (χ1) is 9.45. The Balaban J connectivity index is 2.36. The number of hydrogen-bond acceptors (Lipinski definition) is 2. The van der Waals surface area contributed by atoms with Crippen molar-refractivity contribution >= 4 is 17.2 Å². The second kappa shape index (κ2) is 5.45. The van der Waals surface area contributed by atoms with Crippen molar-refractivity contribution in [1.29, 1.82) is 0 Å². The molecule has 4 nitrogen and oxygen atoms in total. The van der Waals surface area contributed by atoms with Gasteiger partial charge in [0.2, 0.25) is 5.91 Å². The Morgan fingerprint density at radius 3 is 2.65 bits per heavy atom. The van der Waals surface area contributed by atoms with Gasteiger partial charge in [-0.1, -0.05) is 6.92 Å². The Hall–Kier alpha value is -2.17. The van der Waals surface area contributed by atoms with Crippen LogP contribution >= 0.6 is 0 Å². The number of likely N-dealkylation sites (N-methyl/N-ethyl adjacent to an activating group) is 1. The summed E-state index contributed by atoms with van der Waals surface area (Å²) in [5, 5.41) is 0. The van der Waals surface area contributed by atoms with Crippen molar-refractivity contribution in [1.82, 2.24) is 9.30 Å². The Morgan fingerprint density at radius 1 is 1.35 bits per heavy atom. The number of aromatic nitrogens is 1. The molecule has 0 saturated carbocycles. The van der Waals surface area contributed by atoms with Crippen LogP contribution in [0.15, 0.2) is 30.6 Å². The summed E-state index contributed by atoms with van der Waals surface area (Å²) in [4.78, 5) is 25.5. The molecule has 0 fully saturated rings. The van der Waals surface area contributed by atoms with Crippen LogP contribution in [0, 0.1) is 5.82 Å². The summed E-state index contributed by atoms with van der Waals surface area (Å²) in [5.74, 6) is -0.682. The molecule has 5 heteroatoms. The third-order valence-corrected chi connectivity index (χ3v) is 3.55. The second-order valence-corrected chi connectivity index (χ2v) is 4.77. The van der Waals surface area contributed by atoms with Crippen molar-refractivity contribution < 1.29 is 14.0 Å². The van der Waals surface area contributed by atoms with Crippen LogP contribution in [-0.4, -0.2) is 34.1 Å². The average molecular weight is 276 g/mol. The highest BCUT2D eigenvalue weighted by molar-refractivity contribution is 6.06. The van der Waals surface area contributed by atoms with Gasteiger partial charge in [-0.3, -0.25) is 9.59 Å². The zero-order valence-electron chi connectivity index (χ0n) is 11.8. The van der Waals surface area contributed by atoms with Crippen molar-refractivity contribution in [3.63, 3.8) is 0 Å². The van der Waals surface area contributed by atoms with E-state index < -0.39 is 11.9 Å². The van der Waals surface area contributed by atoms with Gasteiger partial charge in [0.25, 0.3) is 0 Å². The van der Waals surface area contributed by atoms with Crippen LogP contribution in [0.25, 0.3) is 5.52 Å². The van der Waals surface area contributed by atoms with Gasteiger partial charge in [0.15, 0.2) is 5.78 Å². The van der Waals surface area contributed by atoms with Crippen molar-refractivity contribution in [3.05, 3.63) is 42.0 Å². The van der Waals surface area contributed by atoms with Crippen molar-refractivity contribution in [2.75, 3.05) is 7.05 Å². The lowest BCUT2D eigenvalue weighted by atomic mass is 10.1. The molecule has 2 aromatic rings. The van der Waals surface area contributed by atoms with Gasteiger partial charge in [-0.15, -0.1) is 0 Å². The van der Waals surface area contributed by atoms with Crippen molar-refractivity contribution in [2.45, 2.75) is 26.3 Å². The highest BCUT2D eigenvalue weighted by Crippen LogP contribution is 2.17. The molecule has 2 aromatic heterocycles. The van der Waals surface area contributed by atoms with Crippen LogP contribution in [0.5, 0.6) is 0 Å². The molecule has 0 radical (unpaired) electrons. The average Bonchev–Trinajstić information content (AvgIpc) is 2.86. The number of halogens is 1. The molecule has 0 aliphatic rings. The lowest BCUT2D eigenvalue weighted by molar-refractivity contribution is -0.130. The van der Waals surface area contributed by atoms with Crippen LogP contribution in [0.3, 0.4) is 0 Å². The van der Waals surface area contributed by atoms with E-state index >= 15 is 0 Å². The number of hydrogen-bond donors (Lipinski definition) is 0. The van der Waals surface area contributed by atoms with E-state index in [-0.39, 0.29) is 11.7 Å². The summed E-state index contributed by atoms with van der Waals surface area (Å²) in [5.41, 5.74) is 0.937. The molecule has 1 amide bonds. The van der Waals surface area contributed by atoms with E-state index in [0.717, 1.165) is 0 Å². The molecular weight excluding hydrogens is 259 g/mol. The highest BCUT2D eigenvalue weighted by atomic mass is 19.1. The molecule has 20 heavy (non-hydrogen) atoms. The third-order valence-electron chi connectivity index (χ3n) is 3.55. The Kier molecular flexibility index (Phi) is 3.88. The van der Waals surface area contributed by atoms with Gasteiger partial charge >= 0.3 is 0 Å². The smallest absolute Gasteiger partial charge is 0.222 e. The number of nitrogens with zero attached hydrogens (tertiary/aromatic N) is 2. The molecule has 1 atom stereocenters. The van der Waals surface area contributed by atoms with E-state index in [0.29, 0.717) is 17.5 Å². The minimum atomic E-state index is -0.572. The number of fused-ring (bicyclic) bond motifs is 1. The molecular formula is C15H17FN2O2. The summed E-state index contributed by atoms with van der Waals surface area (Å²) >= 11 is 0. The molecule has 2 rings (SSSR count). The minimum Gasteiger partial charge on any atom is -0.336 e. The fraction of sp³-hybridized carbons (Fsp3) is 0.333. The molecule has 0 spiro atoms. The molecule has 2 heterocycles. The molecule has 0 aliphatic carbocycles. The number of rotatable bonds is 4. The summed E-state index contributed by atoms with van der Waals surface area (Å²) < 4.78 is 15.0. The summed E-state index contributed by atoms with van der Waals surface area (Å²) in [7, 11) is 1.60. The number of pyridine rings is 1. The molecule has 0 saturated heterocycles. The van der Waals surface area contributed by atoms with Gasteiger partial charge in [-0.05, 0) is 25.1 Å². The van der Waals surface area contributed by atoms with Gasteiger partial charge in [0.05, 0.1) is 11.6 Å². The first-order valence-electron chi connectivity index (χ1n) is 6.51. The maximum Gasteiger partial charge on any atom is 0.222 e. The van der Waals surface area contributed by atoms with Gasteiger partial charge < -0.3 is 9.30 Å². The first-order valence-corrected chi connectivity index (χ1v) is 6.51. The van der Waals surface area contributed by atoms with Gasteiger partial charge in [0.1, 0.15) is 5.82 Å². The highest BCUT2D eigenvalue weighted by Gasteiger charge is 2.24. The van der Waals surface area contributed by atoms with E-state index in [1.807, 2.05) is 0 Å². The largest absolute Gasteiger partial charge is 0.336 e.